The minimum atomic E-state index is -4.38. The zero-order valence-corrected chi connectivity index (χ0v) is 17.1. The highest BCUT2D eigenvalue weighted by Gasteiger charge is 2.30. The molecule has 0 amide bonds. The third-order valence-electron chi connectivity index (χ3n) is 3.61. The van der Waals surface area contributed by atoms with Crippen LogP contribution in [0.25, 0.3) is 0 Å². The molecule has 2 N–H and O–H groups in total. The molecule has 0 saturated heterocycles. The topological polar surface area (TPSA) is 45.7 Å². The van der Waals surface area contributed by atoms with Gasteiger partial charge < -0.3 is 15.4 Å². The summed E-state index contributed by atoms with van der Waals surface area (Å²) in [7, 11) is 2.92. The van der Waals surface area contributed by atoms with Gasteiger partial charge >= 0.3 is 6.18 Å². The van der Waals surface area contributed by atoms with E-state index in [2.05, 4.69) is 15.6 Å². The molecule has 0 atom stereocenters. The van der Waals surface area contributed by atoms with Gasteiger partial charge in [0.2, 0.25) is 0 Å². The fourth-order valence-corrected chi connectivity index (χ4v) is 2.27. The number of hydrogen-bond donors (Lipinski definition) is 2. The van der Waals surface area contributed by atoms with E-state index in [4.69, 9.17) is 4.74 Å². The Bertz CT molecular complexity index is 781. The number of guanidine groups is 1. The Kier molecular flexibility index (Phi) is 8.80. The predicted octanol–water partition coefficient (Wildman–Crippen LogP) is 4.34. The molecule has 0 aliphatic heterocycles. The lowest BCUT2D eigenvalue weighted by atomic mass is 10.1. The maximum absolute atomic E-state index is 13.7. The lowest BCUT2D eigenvalue weighted by Crippen LogP contribution is -2.36. The molecule has 0 spiro atoms. The van der Waals surface area contributed by atoms with Crippen molar-refractivity contribution in [1.82, 2.24) is 10.6 Å². The number of alkyl halides is 3. The van der Waals surface area contributed by atoms with Crippen LogP contribution < -0.4 is 15.4 Å². The molecule has 0 aliphatic rings. The zero-order valence-electron chi connectivity index (χ0n) is 14.7. The van der Waals surface area contributed by atoms with Crippen molar-refractivity contribution in [1.29, 1.82) is 0 Å². The van der Waals surface area contributed by atoms with Crippen LogP contribution in [-0.2, 0) is 19.3 Å². The molecule has 0 saturated carbocycles. The predicted molar refractivity (Wildman–Crippen MR) is 107 cm³/mol. The summed E-state index contributed by atoms with van der Waals surface area (Å²) in [5, 5.41) is 5.90. The van der Waals surface area contributed by atoms with Gasteiger partial charge in [0.05, 0.1) is 12.7 Å². The lowest BCUT2D eigenvalue weighted by Gasteiger charge is -2.13. The third kappa shape index (κ3) is 6.89. The normalized spacial score (nSPS) is 11.6. The van der Waals surface area contributed by atoms with Crippen molar-refractivity contribution in [3.63, 3.8) is 0 Å². The van der Waals surface area contributed by atoms with Crippen LogP contribution in [0.5, 0.6) is 5.75 Å². The SMILES string of the molecule is CN=C(NCc1cccc(C(F)(F)F)c1)NCc1ccc(OC)c(F)c1.I. The number of aliphatic imine (C=N–C) groups is 1. The molecule has 4 nitrogen and oxygen atoms in total. The second-order valence-corrected chi connectivity index (χ2v) is 5.45. The number of ether oxygens (including phenoxy) is 1. The molecule has 0 heterocycles. The summed E-state index contributed by atoms with van der Waals surface area (Å²) in [5.74, 6) is 0.0677. The number of halogens is 5. The van der Waals surface area contributed by atoms with Gasteiger partial charge in [0.25, 0.3) is 0 Å². The zero-order chi connectivity index (χ0) is 19.2. The summed E-state index contributed by atoms with van der Waals surface area (Å²) in [6.45, 7) is 0.462. The first-order chi connectivity index (χ1) is 12.3. The fourth-order valence-electron chi connectivity index (χ4n) is 2.27. The van der Waals surface area contributed by atoms with Crippen LogP contribution in [-0.4, -0.2) is 20.1 Å². The van der Waals surface area contributed by atoms with Gasteiger partial charge in [-0.1, -0.05) is 18.2 Å². The summed E-state index contributed by atoms with van der Waals surface area (Å²) in [5.41, 5.74) is 0.442. The molecule has 27 heavy (non-hydrogen) atoms. The number of hydrogen-bond acceptors (Lipinski definition) is 2. The highest BCUT2D eigenvalue weighted by molar-refractivity contribution is 14.0. The summed E-state index contributed by atoms with van der Waals surface area (Å²) in [6, 6.07) is 9.62. The first-order valence-corrected chi connectivity index (χ1v) is 7.76. The second-order valence-electron chi connectivity index (χ2n) is 5.45. The lowest BCUT2D eigenvalue weighted by molar-refractivity contribution is -0.137. The Morgan fingerprint density at radius 3 is 2.19 bits per heavy atom. The van der Waals surface area contributed by atoms with Gasteiger partial charge in [0.1, 0.15) is 0 Å². The van der Waals surface area contributed by atoms with Crippen LogP contribution in [0, 0.1) is 5.82 Å². The number of nitrogens with zero attached hydrogens (tertiary/aromatic N) is 1. The fraction of sp³-hybridized carbons (Fsp3) is 0.278. The van der Waals surface area contributed by atoms with Gasteiger partial charge in [-0.2, -0.15) is 13.2 Å². The van der Waals surface area contributed by atoms with E-state index in [1.807, 2.05) is 0 Å². The Morgan fingerprint density at radius 2 is 1.67 bits per heavy atom. The minimum absolute atomic E-state index is 0. The second kappa shape index (κ2) is 10.3. The van der Waals surface area contributed by atoms with Gasteiger partial charge in [0, 0.05) is 20.1 Å². The van der Waals surface area contributed by atoms with Crippen molar-refractivity contribution in [3.8, 4) is 5.75 Å². The first kappa shape index (κ1) is 23.0. The molecule has 2 aromatic carbocycles. The van der Waals surface area contributed by atoms with Crippen LogP contribution in [0.15, 0.2) is 47.5 Å². The molecule has 148 valence electrons. The van der Waals surface area contributed by atoms with E-state index in [-0.39, 0.29) is 36.3 Å². The smallest absolute Gasteiger partial charge is 0.416 e. The van der Waals surface area contributed by atoms with E-state index >= 15 is 0 Å². The summed E-state index contributed by atoms with van der Waals surface area (Å²) in [6.07, 6.45) is -4.38. The number of methoxy groups -OCH3 is 1. The molecule has 9 heteroatoms. The highest BCUT2D eigenvalue weighted by Crippen LogP contribution is 2.29. The Labute approximate surface area is 172 Å². The Hall–Kier alpha value is -2.04. The average Bonchev–Trinajstić information content (AvgIpc) is 2.61. The van der Waals surface area contributed by atoms with Crippen LogP contribution in [0.1, 0.15) is 16.7 Å². The van der Waals surface area contributed by atoms with Crippen molar-refractivity contribution in [2.75, 3.05) is 14.2 Å². The van der Waals surface area contributed by atoms with Gasteiger partial charge in [-0.3, -0.25) is 4.99 Å². The molecule has 0 bridgehead atoms. The molecule has 0 unspecified atom stereocenters. The quantitative estimate of drug-likeness (QED) is 0.280. The van der Waals surface area contributed by atoms with E-state index in [1.165, 1.54) is 32.4 Å². The summed E-state index contributed by atoms with van der Waals surface area (Å²) >= 11 is 0. The Morgan fingerprint density at radius 1 is 1.04 bits per heavy atom. The van der Waals surface area contributed by atoms with Crippen LogP contribution >= 0.6 is 24.0 Å². The monoisotopic (exact) mass is 497 g/mol. The minimum Gasteiger partial charge on any atom is -0.494 e. The molecule has 0 aliphatic carbocycles. The standard InChI is InChI=1S/C18H19F4N3O.HI/c1-23-17(25-11-13-6-7-16(26-2)15(19)9-13)24-10-12-4-3-5-14(8-12)18(20,21)22;/h3-9H,10-11H2,1-2H3,(H2,23,24,25);1H. The van der Waals surface area contributed by atoms with Gasteiger partial charge in [-0.25, -0.2) is 4.39 Å². The van der Waals surface area contributed by atoms with Crippen LogP contribution in [0.3, 0.4) is 0 Å². The van der Waals surface area contributed by atoms with Crippen molar-refractivity contribution in [3.05, 3.63) is 65.0 Å². The number of nitrogens with one attached hydrogen (secondary N) is 2. The molecule has 0 fully saturated rings. The third-order valence-corrected chi connectivity index (χ3v) is 3.61. The first-order valence-electron chi connectivity index (χ1n) is 7.76. The van der Waals surface area contributed by atoms with Crippen molar-refractivity contribution in [2.24, 2.45) is 4.99 Å². The molecule has 0 aromatic heterocycles. The van der Waals surface area contributed by atoms with Crippen LogP contribution in [0.2, 0.25) is 0 Å². The number of benzene rings is 2. The molecule has 2 aromatic rings. The van der Waals surface area contributed by atoms with E-state index in [1.54, 1.807) is 12.1 Å². The van der Waals surface area contributed by atoms with Crippen LogP contribution in [0.4, 0.5) is 17.6 Å². The van der Waals surface area contributed by atoms with E-state index in [9.17, 15) is 17.6 Å². The van der Waals surface area contributed by atoms with Crippen molar-refractivity contribution < 1.29 is 22.3 Å². The molecule has 2 rings (SSSR count). The summed E-state index contributed by atoms with van der Waals surface area (Å²) in [4.78, 5) is 4.00. The van der Waals surface area contributed by atoms with E-state index in [0.29, 0.717) is 23.6 Å². The van der Waals surface area contributed by atoms with Crippen molar-refractivity contribution in [2.45, 2.75) is 19.3 Å². The van der Waals surface area contributed by atoms with Gasteiger partial charge in [-0.15, -0.1) is 24.0 Å². The summed E-state index contributed by atoms with van der Waals surface area (Å²) < 4.78 is 56.7. The van der Waals surface area contributed by atoms with Gasteiger partial charge in [-0.05, 0) is 35.4 Å². The largest absolute Gasteiger partial charge is 0.494 e. The molecular formula is C18H20F4IN3O. The Balaban J connectivity index is 0.00000364. The van der Waals surface area contributed by atoms with E-state index < -0.39 is 17.6 Å². The average molecular weight is 497 g/mol. The maximum atomic E-state index is 13.7. The van der Waals surface area contributed by atoms with Crippen molar-refractivity contribution >= 4 is 29.9 Å². The molecular weight excluding hydrogens is 477 g/mol. The van der Waals surface area contributed by atoms with Gasteiger partial charge in [0.15, 0.2) is 17.5 Å². The number of rotatable bonds is 5. The van der Waals surface area contributed by atoms with E-state index in [0.717, 1.165) is 12.1 Å². The highest BCUT2D eigenvalue weighted by atomic mass is 127. The molecule has 0 radical (unpaired) electrons. The maximum Gasteiger partial charge on any atom is 0.416 e.